The van der Waals surface area contributed by atoms with E-state index in [2.05, 4.69) is 5.32 Å². The molecule has 37 heavy (non-hydrogen) atoms. The summed E-state index contributed by atoms with van der Waals surface area (Å²) in [4.78, 5) is 19.3. The van der Waals surface area contributed by atoms with E-state index in [-0.39, 0.29) is 5.91 Å². The predicted octanol–water partition coefficient (Wildman–Crippen LogP) is 8.19. The molecule has 0 bridgehead atoms. The summed E-state index contributed by atoms with van der Waals surface area (Å²) in [6.07, 6.45) is 6.02. The number of aryl methyl sites for hydroxylation is 1. The van der Waals surface area contributed by atoms with E-state index in [4.69, 9.17) is 32.9 Å². The number of rotatable bonds is 8. The molecule has 0 atom stereocenters. The first-order chi connectivity index (χ1) is 18.1. The van der Waals surface area contributed by atoms with Gasteiger partial charge >= 0.3 is 0 Å². The van der Waals surface area contributed by atoms with Crippen molar-refractivity contribution >= 4 is 51.7 Å². The van der Waals surface area contributed by atoms with E-state index in [1.165, 1.54) is 10.4 Å². The second-order valence-electron chi connectivity index (χ2n) is 8.91. The molecule has 1 heterocycles. The van der Waals surface area contributed by atoms with Crippen LogP contribution in [0.25, 0.3) is 0 Å². The lowest BCUT2D eigenvalue weighted by molar-refractivity contribution is 0.0951. The lowest BCUT2D eigenvalue weighted by atomic mass is 9.95. The van der Waals surface area contributed by atoms with Gasteiger partial charge in [-0.3, -0.25) is 4.79 Å². The summed E-state index contributed by atoms with van der Waals surface area (Å²) in [7, 11) is 0. The Labute approximate surface area is 230 Å². The number of aliphatic imine (C=N–C) groups is 1. The Balaban J connectivity index is 1.28. The van der Waals surface area contributed by atoms with Crippen molar-refractivity contribution in [2.24, 2.45) is 4.99 Å². The third kappa shape index (κ3) is 6.42. The summed E-state index contributed by atoms with van der Waals surface area (Å²) in [5, 5.41) is 5.05. The van der Waals surface area contributed by atoms with Gasteiger partial charge in [-0.2, -0.15) is 0 Å². The molecule has 1 amide bonds. The van der Waals surface area contributed by atoms with E-state index < -0.39 is 0 Å². The average molecular weight is 550 g/mol. The van der Waals surface area contributed by atoms with Gasteiger partial charge in [0.05, 0.1) is 5.56 Å². The lowest BCUT2D eigenvalue weighted by Gasteiger charge is -2.12. The van der Waals surface area contributed by atoms with E-state index in [0.29, 0.717) is 23.2 Å². The maximum absolute atomic E-state index is 13.2. The molecule has 0 spiro atoms. The summed E-state index contributed by atoms with van der Waals surface area (Å²) < 4.78 is 5.88. The van der Waals surface area contributed by atoms with Crippen LogP contribution >= 0.6 is 34.5 Å². The van der Waals surface area contributed by atoms with Gasteiger partial charge in [0.25, 0.3) is 5.91 Å². The number of halogens is 2. The molecule has 7 heteroatoms. The van der Waals surface area contributed by atoms with E-state index in [1.54, 1.807) is 23.5 Å². The van der Waals surface area contributed by atoms with Crippen LogP contribution < -0.4 is 10.1 Å². The van der Waals surface area contributed by atoms with Crippen LogP contribution in [0.2, 0.25) is 10.0 Å². The first-order valence-electron chi connectivity index (χ1n) is 12.2. The van der Waals surface area contributed by atoms with Crippen LogP contribution in [0, 0.1) is 0 Å². The number of carbonyl (C=O) groups is 1. The zero-order valence-electron chi connectivity index (χ0n) is 20.2. The molecule has 3 aromatic carbocycles. The summed E-state index contributed by atoms with van der Waals surface area (Å²) >= 11 is 13.8. The van der Waals surface area contributed by atoms with Gasteiger partial charge in [0.15, 0.2) is 0 Å². The van der Waals surface area contributed by atoms with Crippen molar-refractivity contribution in [2.75, 3.05) is 0 Å². The molecule has 0 aliphatic heterocycles. The van der Waals surface area contributed by atoms with E-state index >= 15 is 0 Å². The highest BCUT2D eigenvalue weighted by Gasteiger charge is 2.25. The highest BCUT2D eigenvalue weighted by atomic mass is 35.5. The Morgan fingerprint density at radius 1 is 1.00 bits per heavy atom. The second kappa shape index (κ2) is 12.0. The van der Waals surface area contributed by atoms with Gasteiger partial charge in [-0.05, 0) is 78.8 Å². The van der Waals surface area contributed by atoms with Gasteiger partial charge in [-0.25, -0.2) is 4.99 Å². The molecule has 0 saturated heterocycles. The lowest BCUT2D eigenvalue weighted by Crippen LogP contribution is -2.24. The van der Waals surface area contributed by atoms with Crippen LogP contribution in [0.5, 0.6) is 5.75 Å². The Kier molecular flexibility index (Phi) is 8.24. The minimum Gasteiger partial charge on any atom is -0.489 e. The van der Waals surface area contributed by atoms with Crippen molar-refractivity contribution < 1.29 is 9.53 Å². The van der Waals surface area contributed by atoms with E-state index in [0.717, 1.165) is 58.7 Å². The zero-order chi connectivity index (χ0) is 25.6. The fourth-order valence-electron chi connectivity index (χ4n) is 4.33. The topological polar surface area (TPSA) is 50.7 Å². The molecule has 4 nitrogen and oxygen atoms in total. The first kappa shape index (κ1) is 25.5. The summed E-state index contributed by atoms with van der Waals surface area (Å²) in [6, 6.07) is 23.0. The van der Waals surface area contributed by atoms with Crippen LogP contribution in [0.1, 0.15) is 50.3 Å². The fraction of sp³-hybridized carbons (Fsp3) is 0.200. The van der Waals surface area contributed by atoms with Crippen molar-refractivity contribution in [1.29, 1.82) is 0 Å². The van der Waals surface area contributed by atoms with Crippen LogP contribution in [0.15, 0.2) is 77.8 Å². The van der Waals surface area contributed by atoms with Gasteiger partial charge in [-0.1, -0.05) is 59.6 Å². The number of amides is 1. The minimum atomic E-state index is -0.0555. The largest absolute Gasteiger partial charge is 0.489 e. The molecule has 4 aromatic rings. The number of benzene rings is 3. The highest BCUT2D eigenvalue weighted by Crippen LogP contribution is 2.40. The van der Waals surface area contributed by atoms with Crippen molar-refractivity contribution in [2.45, 2.75) is 38.8 Å². The molecule has 5 rings (SSSR count). The molecular formula is C30H26Cl2N2O2S. The third-order valence-electron chi connectivity index (χ3n) is 6.30. The SMILES string of the molecule is O=C(NCc1ccccc1)c1c(N=Cc2ccc(OCc3ccc(Cl)cc3Cl)cc2)sc2c1CCCC2. The Bertz CT molecular complexity index is 1420. The molecule has 0 saturated carbocycles. The number of ether oxygens (including phenoxy) is 1. The van der Waals surface area contributed by atoms with Crippen molar-refractivity contribution in [3.05, 3.63) is 116 Å². The van der Waals surface area contributed by atoms with Gasteiger partial charge in [0.1, 0.15) is 17.4 Å². The molecule has 1 N–H and O–H groups in total. The Morgan fingerprint density at radius 2 is 1.78 bits per heavy atom. The molecule has 0 fully saturated rings. The summed E-state index contributed by atoms with van der Waals surface area (Å²) in [6.45, 7) is 0.849. The number of nitrogens with one attached hydrogen (secondary N) is 1. The molecule has 188 valence electrons. The van der Waals surface area contributed by atoms with Crippen LogP contribution in [-0.4, -0.2) is 12.1 Å². The predicted molar refractivity (Wildman–Crippen MR) is 153 cm³/mol. The van der Waals surface area contributed by atoms with Crippen molar-refractivity contribution in [3.63, 3.8) is 0 Å². The van der Waals surface area contributed by atoms with Crippen molar-refractivity contribution in [3.8, 4) is 5.75 Å². The highest BCUT2D eigenvalue weighted by molar-refractivity contribution is 7.16. The Hall–Kier alpha value is -3.12. The van der Waals surface area contributed by atoms with Gasteiger partial charge in [0.2, 0.25) is 0 Å². The molecule has 1 aromatic heterocycles. The van der Waals surface area contributed by atoms with Crippen LogP contribution in [0.3, 0.4) is 0 Å². The molecule has 0 radical (unpaired) electrons. The summed E-state index contributed by atoms with van der Waals surface area (Å²) in [5.41, 5.74) is 4.77. The fourth-order valence-corrected chi connectivity index (χ4v) is 6.02. The van der Waals surface area contributed by atoms with Crippen LogP contribution in [0.4, 0.5) is 5.00 Å². The monoisotopic (exact) mass is 548 g/mol. The smallest absolute Gasteiger partial charge is 0.254 e. The second-order valence-corrected chi connectivity index (χ2v) is 10.8. The minimum absolute atomic E-state index is 0.0555. The number of fused-ring (bicyclic) bond motifs is 1. The number of thiophene rings is 1. The third-order valence-corrected chi connectivity index (χ3v) is 8.08. The maximum Gasteiger partial charge on any atom is 0.254 e. The zero-order valence-corrected chi connectivity index (χ0v) is 22.5. The number of carbonyl (C=O) groups excluding carboxylic acids is 1. The maximum atomic E-state index is 13.2. The van der Waals surface area contributed by atoms with Gasteiger partial charge < -0.3 is 10.1 Å². The number of hydrogen-bond donors (Lipinski definition) is 1. The van der Waals surface area contributed by atoms with E-state index in [1.807, 2.05) is 66.9 Å². The normalized spacial score (nSPS) is 12.9. The van der Waals surface area contributed by atoms with E-state index in [9.17, 15) is 4.79 Å². The molecule has 1 aliphatic rings. The molecule has 1 aliphatic carbocycles. The first-order valence-corrected chi connectivity index (χ1v) is 13.8. The van der Waals surface area contributed by atoms with Crippen molar-refractivity contribution in [1.82, 2.24) is 5.32 Å². The van der Waals surface area contributed by atoms with Gasteiger partial charge in [-0.15, -0.1) is 11.3 Å². The standard InChI is InChI=1S/C30H26Cl2N2O2S/c31-23-13-12-22(26(32)16-23)19-36-24-14-10-21(11-15-24)18-34-30-28(25-8-4-5-9-27(25)37-30)29(35)33-17-20-6-2-1-3-7-20/h1-3,6-7,10-16,18H,4-5,8-9,17,19H2,(H,33,35). The van der Waals surface area contributed by atoms with Crippen LogP contribution in [-0.2, 0) is 26.0 Å². The average Bonchev–Trinajstić information content (AvgIpc) is 3.30. The molecule has 0 unspecified atom stereocenters. The molecular weight excluding hydrogens is 523 g/mol. The Morgan fingerprint density at radius 3 is 2.57 bits per heavy atom. The van der Waals surface area contributed by atoms with Gasteiger partial charge in [0, 0.05) is 33.2 Å². The summed E-state index contributed by atoms with van der Waals surface area (Å²) in [5.74, 6) is 0.677. The number of nitrogens with zero attached hydrogens (tertiary/aromatic N) is 1. The number of hydrogen-bond acceptors (Lipinski definition) is 4. The quantitative estimate of drug-likeness (QED) is 0.225.